The van der Waals surface area contributed by atoms with E-state index in [1.807, 2.05) is 20.8 Å². The average Bonchev–Trinajstić information content (AvgIpc) is 1.97. The van der Waals surface area contributed by atoms with Crippen molar-refractivity contribution in [1.29, 1.82) is 0 Å². The Balaban J connectivity index is 4.36. The summed E-state index contributed by atoms with van der Waals surface area (Å²) in [5.41, 5.74) is -0.309. The predicted octanol–water partition coefficient (Wildman–Crippen LogP) is 3.10. The first kappa shape index (κ1) is 15.6. The highest BCUT2D eigenvalue weighted by atomic mass is 35.5. The van der Waals surface area contributed by atoms with Crippen LogP contribution in [0, 0.1) is 5.41 Å². The van der Waals surface area contributed by atoms with E-state index < -0.39 is 18.5 Å². The number of hydrogen-bond acceptors (Lipinski definition) is 1. The van der Waals surface area contributed by atoms with Crippen molar-refractivity contribution in [3.05, 3.63) is 0 Å². The van der Waals surface area contributed by atoms with Gasteiger partial charge in [0.05, 0.1) is 0 Å². The molecule has 0 aliphatic carbocycles. The van der Waals surface area contributed by atoms with Gasteiger partial charge in [0.1, 0.15) is 6.42 Å². The Bertz CT molecular complexity index is 235. The Morgan fingerprint density at radius 3 is 2.12 bits per heavy atom. The van der Waals surface area contributed by atoms with E-state index in [0.717, 1.165) is 0 Å². The van der Waals surface area contributed by atoms with E-state index in [0.29, 0.717) is 12.3 Å². The van der Waals surface area contributed by atoms with Crippen molar-refractivity contribution in [1.82, 2.24) is 5.32 Å². The third-order valence-corrected chi connectivity index (χ3v) is 2.36. The number of carbonyl (C=O) groups is 1. The molecule has 0 aromatic rings. The maximum Gasteiger partial charge on any atom is 0.397 e. The SMILES string of the molecule is CC(C)(C)C(CCCl)NC(=O)CC(F)(F)F. The van der Waals surface area contributed by atoms with Crippen molar-refractivity contribution in [3.63, 3.8) is 0 Å². The first-order valence-corrected chi connectivity index (χ1v) is 5.52. The minimum absolute atomic E-state index is 0.300. The number of rotatable bonds is 4. The molecule has 16 heavy (non-hydrogen) atoms. The molecule has 0 spiro atoms. The molecule has 1 N–H and O–H groups in total. The fraction of sp³-hybridized carbons (Fsp3) is 0.900. The van der Waals surface area contributed by atoms with Crippen molar-refractivity contribution in [2.75, 3.05) is 5.88 Å². The fourth-order valence-corrected chi connectivity index (χ4v) is 1.48. The van der Waals surface area contributed by atoms with Gasteiger partial charge in [0.15, 0.2) is 0 Å². The molecule has 0 heterocycles. The highest BCUT2D eigenvalue weighted by Gasteiger charge is 2.33. The third-order valence-electron chi connectivity index (χ3n) is 2.14. The molecular weight excluding hydrogens is 243 g/mol. The number of nitrogens with one attached hydrogen (secondary N) is 1. The van der Waals surface area contributed by atoms with Crippen LogP contribution in [-0.4, -0.2) is 24.0 Å². The smallest absolute Gasteiger partial charge is 0.353 e. The lowest BCUT2D eigenvalue weighted by atomic mass is 9.85. The van der Waals surface area contributed by atoms with Gasteiger partial charge in [-0.25, -0.2) is 0 Å². The Kier molecular flexibility index (Phi) is 5.59. The highest BCUT2D eigenvalue weighted by Crippen LogP contribution is 2.24. The van der Waals surface area contributed by atoms with Gasteiger partial charge in [0.2, 0.25) is 5.91 Å². The Morgan fingerprint density at radius 2 is 1.81 bits per heavy atom. The average molecular weight is 260 g/mol. The summed E-state index contributed by atoms with van der Waals surface area (Å²) in [5.74, 6) is -0.702. The second-order valence-corrected chi connectivity index (χ2v) is 5.13. The quantitative estimate of drug-likeness (QED) is 0.773. The van der Waals surface area contributed by atoms with Crippen LogP contribution in [0.1, 0.15) is 33.6 Å². The zero-order chi connectivity index (χ0) is 13.0. The number of alkyl halides is 4. The molecule has 0 bridgehead atoms. The summed E-state index contributed by atoms with van der Waals surface area (Å²) < 4.78 is 35.9. The number of halogens is 4. The molecule has 0 aliphatic rings. The molecule has 1 atom stereocenters. The first-order valence-electron chi connectivity index (χ1n) is 4.98. The van der Waals surface area contributed by atoms with E-state index in [4.69, 9.17) is 11.6 Å². The van der Waals surface area contributed by atoms with Gasteiger partial charge >= 0.3 is 6.18 Å². The second-order valence-electron chi connectivity index (χ2n) is 4.76. The largest absolute Gasteiger partial charge is 0.397 e. The standard InChI is InChI=1S/C10H17ClF3NO/c1-9(2,3)7(4-5-11)15-8(16)6-10(12,13)14/h7H,4-6H2,1-3H3,(H,15,16). The normalized spacial score (nSPS) is 14.7. The lowest BCUT2D eigenvalue weighted by Crippen LogP contribution is -2.45. The number of amides is 1. The van der Waals surface area contributed by atoms with E-state index in [1.165, 1.54) is 0 Å². The summed E-state index contributed by atoms with van der Waals surface area (Å²) in [6.07, 6.45) is -5.45. The lowest BCUT2D eigenvalue weighted by molar-refractivity contribution is -0.154. The molecule has 0 aromatic heterocycles. The van der Waals surface area contributed by atoms with Crippen LogP contribution in [-0.2, 0) is 4.79 Å². The monoisotopic (exact) mass is 259 g/mol. The van der Waals surface area contributed by atoms with E-state index in [2.05, 4.69) is 5.32 Å². The molecule has 0 fully saturated rings. The molecule has 0 saturated heterocycles. The van der Waals surface area contributed by atoms with Crippen LogP contribution in [0.2, 0.25) is 0 Å². The maximum atomic E-state index is 12.0. The number of carbonyl (C=O) groups excluding carboxylic acids is 1. The fourth-order valence-electron chi connectivity index (χ4n) is 1.26. The van der Waals surface area contributed by atoms with Gasteiger partial charge in [0, 0.05) is 11.9 Å². The van der Waals surface area contributed by atoms with Gasteiger partial charge in [-0.05, 0) is 11.8 Å². The minimum Gasteiger partial charge on any atom is -0.353 e. The van der Waals surface area contributed by atoms with E-state index in [9.17, 15) is 18.0 Å². The molecular formula is C10H17ClF3NO. The van der Waals surface area contributed by atoms with Crippen molar-refractivity contribution in [2.45, 2.75) is 45.8 Å². The molecule has 0 radical (unpaired) electrons. The summed E-state index contributed by atoms with van der Waals surface area (Å²) in [5, 5.41) is 2.37. The second kappa shape index (κ2) is 5.75. The van der Waals surface area contributed by atoms with Crippen molar-refractivity contribution in [3.8, 4) is 0 Å². The lowest BCUT2D eigenvalue weighted by Gasteiger charge is -2.31. The molecule has 0 aromatic carbocycles. The van der Waals surface area contributed by atoms with Crippen molar-refractivity contribution < 1.29 is 18.0 Å². The van der Waals surface area contributed by atoms with E-state index in [-0.39, 0.29) is 11.5 Å². The Morgan fingerprint density at radius 1 is 1.31 bits per heavy atom. The van der Waals surface area contributed by atoms with Gasteiger partial charge in [-0.3, -0.25) is 4.79 Å². The summed E-state index contributed by atoms with van der Waals surface area (Å²) >= 11 is 5.55. The number of hydrogen-bond donors (Lipinski definition) is 1. The molecule has 0 aliphatic heterocycles. The Labute approximate surface area is 98.5 Å². The summed E-state index contributed by atoms with van der Waals surface area (Å²) in [6.45, 7) is 5.54. The van der Waals surface area contributed by atoms with Crippen LogP contribution in [0.5, 0.6) is 0 Å². The molecule has 2 nitrogen and oxygen atoms in total. The first-order chi connectivity index (χ1) is 7.06. The molecule has 0 saturated carbocycles. The topological polar surface area (TPSA) is 29.1 Å². The van der Waals surface area contributed by atoms with Crippen LogP contribution in [0.15, 0.2) is 0 Å². The van der Waals surface area contributed by atoms with Crippen molar-refractivity contribution >= 4 is 17.5 Å². The van der Waals surface area contributed by atoms with Crippen LogP contribution in [0.25, 0.3) is 0 Å². The third kappa shape index (κ3) is 6.93. The minimum atomic E-state index is -4.46. The Hall–Kier alpha value is -0.450. The van der Waals surface area contributed by atoms with E-state index >= 15 is 0 Å². The van der Waals surface area contributed by atoms with Gasteiger partial charge in [-0.15, -0.1) is 11.6 Å². The van der Waals surface area contributed by atoms with Gasteiger partial charge in [0.25, 0.3) is 0 Å². The molecule has 1 amide bonds. The summed E-state index contributed by atoms with van der Waals surface area (Å²) in [6, 6.07) is -0.347. The van der Waals surface area contributed by atoms with Gasteiger partial charge < -0.3 is 5.32 Å². The maximum absolute atomic E-state index is 12.0. The summed E-state index contributed by atoms with van der Waals surface area (Å²) in [7, 11) is 0. The predicted molar refractivity (Wildman–Crippen MR) is 57.4 cm³/mol. The van der Waals surface area contributed by atoms with Gasteiger partial charge in [-0.1, -0.05) is 20.8 Å². The van der Waals surface area contributed by atoms with Crippen LogP contribution < -0.4 is 5.32 Å². The zero-order valence-electron chi connectivity index (χ0n) is 9.62. The highest BCUT2D eigenvalue weighted by molar-refractivity contribution is 6.17. The van der Waals surface area contributed by atoms with Gasteiger partial charge in [-0.2, -0.15) is 13.2 Å². The molecule has 1 unspecified atom stereocenters. The summed E-state index contributed by atoms with van der Waals surface area (Å²) in [4.78, 5) is 11.1. The molecule has 6 heteroatoms. The zero-order valence-corrected chi connectivity index (χ0v) is 10.4. The van der Waals surface area contributed by atoms with Crippen LogP contribution in [0.4, 0.5) is 13.2 Å². The molecule has 0 rings (SSSR count). The van der Waals surface area contributed by atoms with Crippen LogP contribution in [0.3, 0.4) is 0 Å². The van der Waals surface area contributed by atoms with Crippen LogP contribution >= 0.6 is 11.6 Å². The molecule has 96 valence electrons. The van der Waals surface area contributed by atoms with Crippen molar-refractivity contribution in [2.24, 2.45) is 5.41 Å². The van der Waals surface area contributed by atoms with E-state index in [1.54, 1.807) is 0 Å².